The minimum absolute atomic E-state index is 0.0775. The molecule has 69 heavy (non-hydrogen) atoms. The standard InChI is InChI=1S/C48H100N.C14H10O5S/c1-5-9-13-17-21-25-29-33-37-41-45-49(46-42-38-34-30-26-22-18-14-10-6-2,47-43-39-35-31-27-23-19-15-11-7-3)48-44-40-36-32-28-24-20-16-12-8-4;15-13(16)9-5-1-3-7-11(9)20(19)12-8-4-2-6-10(12)14(17)18/h5-48H2,1-4H3;1-8H,(H,15,16)(H,17,18)/q+1;. The summed E-state index contributed by atoms with van der Waals surface area (Å²) in [6, 6.07) is 11.7. The van der Waals surface area contributed by atoms with Gasteiger partial charge in [-0.15, -0.1) is 0 Å². The first-order valence-corrected chi connectivity index (χ1v) is 30.8. The minimum atomic E-state index is -1.87. The molecule has 0 aliphatic rings. The van der Waals surface area contributed by atoms with Gasteiger partial charge in [-0.25, -0.2) is 9.59 Å². The van der Waals surface area contributed by atoms with Crippen molar-refractivity contribution < 1.29 is 28.8 Å². The average molecular weight is 982 g/mol. The van der Waals surface area contributed by atoms with E-state index < -0.39 is 23.1 Å². The van der Waals surface area contributed by atoms with Crippen molar-refractivity contribution in [2.45, 2.75) is 294 Å². The first kappa shape index (κ1) is 64.7. The molecule has 0 unspecified atom stereocenters. The van der Waals surface area contributed by atoms with E-state index in [0.29, 0.717) is 0 Å². The fourth-order valence-electron chi connectivity index (χ4n) is 10.1. The number of benzene rings is 2. The normalized spacial score (nSPS) is 11.6. The van der Waals surface area contributed by atoms with Gasteiger partial charge in [0, 0.05) is 11.2 Å². The van der Waals surface area contributed by atoms with Crippen molar-refractivity contribution in [2.75, 3.05) is 26.2 Å². The quantitative estimate of drug-likeness (QED) is 0.0391. The number of unbranched alkanes of at least 4 members (excludes halogenated alkanes) is 36. The van der Waals surface area contributed by atoms with Crippen LogP contribution in [-0.4, -0.2) is 57.4 Å². The predicted octanol–water partition coefficient (Wildman–Crippen LogP) is 19.7. The summed E-state index contributed by atoms with van der Waals surface area (Å²) in [4.78, 5) is 22.4. The van der Waals surface area contributed by atoms with E-state index in [0.717, 1.165) is 0 Å². The summed E-state index contributed by atoms with van der Waals surface area (Å²) >= 11 is -1.87. The molecule has 2 N–H and O–H groups in total. The van der Waals surface area contributed by atoms with Gasteiger partial charge < -0.3 is 19.2 Å². The molecule has 7 heteroatoms. The van der Waals surface area contributed by atoms with Crippen LogP contribution in [0.15, 0.2) is 58.3 Å². The number of hydrogen-bond acceptors (Lipinski definition) is 3. The maximum absolute atomic E-state index is 12.5. The summed E-state index contributed by atoms with van der Waals surface area (Å²) < 4.78 is 14.0. The Hall–Kier alpha value is -2.35. The largest absolute Gasteiger partial charge is 0.606 e. The van der Waals surface area contributed by atoms with Gasteiger partial charge in [-0.1, -0.05) is 257 Å². The Bertz CT molecular complexity index is 1310. The molecule has 0 bridgehead atoms. The van der Waals surface area contributed by atoms with E-state index in [4.69, 9.17) is 10.2 Å². The molecule has 0 amide bonds. The van der Waals surface area contributed by atoms with Crippen molar-refractivity contribution in [2.24, 2.45) is 0 Å². The third-order valence-corrected chi connectivity index (χ3v) is 16.1. The molecular weight excluding hydrogens is 871 g/mol. The molecule has 0 aromatic heterocycles. The summed E-state index contributed by atoms with van der Waals surface area (Å²) in [7, 11) is 0. The Morgan fingerprint density at radius 2 is 0.536 bits per heavy atom. The number of carboxylic acid groups (broad SMARTS) is 2. The van der Waals surface area contributed by atoms with Crippen LogP contribution in [0.2, 0.25) is 0 Å². The van der Waals surface area contributed by atoms with Crippen molar-refractivity contribution in [1.29, 1.82) is 0 Å². The van der Waals surface area contributed by atoms with Crippen molar-refractivity contribution in [1.82, 2.24) is 0 Å². The maximum Gasteiger partial charge on any atom is 0.340 e. The molecular formula is C62H110NO5S+. The Kier molecular flexibility index (Phi) is 43.8. The number of aromatic carboxylic acids is 2. The Balaban J connectivity index is 0.000000976. The first-order valence-electron chi connectivity index (χ1n) is 29.7. The second-order valence-electron chi connectivity index (χ2n) is 20.8. The average Bonchev–Trinajstić information content (AvgIpc) is 3.36. The van der Waals surface area contributed by atoms with Gasteiger partial charge >= 0.3 is 11.9 Å². The van der Waals surface area contributed by atoms with Gasteiger partial charge in [-0.3, -0.25) is 0 Å². The number of nitrogens with zero attached hydrogens (tertiary/aromatic N) is 1. The molecule has 0 spiro atoms. The number of carbonyl (C=O) groups is 2. The smallest absolute Gasteiger partial charge is 0.340 e. The summed E-state index contributed by atoms with van der Waals surface area (Å²) in [6.45, 7) is 15.3. The second-order valence-corrected chi connectivity index (χ2v) is 22.3. The van der Waals surface area contributed by atoms with E-state index in [1.54, 1.807) is 12.1 Å². The third-order valence-electron chi connectivity index (χ3n) is 14.6. The first-order chi connectivity index (χ1) is 33.8. The predicted molar refractivity (Wildman–Crippen MR) is 299 cm³/mol. The Morgan fingerprint density at radius 3 is 0.739 bits per heavy atom. The van der Waals surface area contributed by atoms with E-state index >= 15 is 0 Å². The molecule has 2 aromatic rings. The lowest BCUT2D eigenvalue weighted by atomic mass is 10.0. The molecule has 398 valence electrons. The van der Waals surface area contributed by atoms with Crippen LogP contribution in [0.4, 0.5) is 0 Å². The molecule has 6 nitrogen and oxygen atoms in total. The van der Waals surface area contributed by atoms with Crippen molar-refractivity contribution in [3.8, 4) is 0 Å². The van der Waals surface area contributed by atoms with Gasteiger partial charge in [0.2, 0.25) is 0 Å². The minimum Gasteiger partial charge on any atom is -0.606 e. The van der Waals surface area contributed by atoms with Crippen LogP contribution in [0.25, 0.3) is 0 Å². The van der Waals surface area contributed by atoms with Gasteiger partial charge in [0.15, 0.2) is 9.79 Å². The van der Waals surface area contributed by atoms with Crippen LogP contribution in [0, 0.1) is 0 Å². The topological polar surface area (TPSA) is 97.7 Å². The number of quaternary nitrogens is 1. The summed E-state index contributed by atoms with van der Waals surface area (Å²) in [5, 5.41) is 18.2. The van der Waals surface area contributed by atoms with Crippen LogP contribution in [-0.2, 0) is 11.2 Å². The lowest BCUT2D eigenvalue weighted by Crippen LogP contribution is -2.50. The zero-order valence-corrected chi connectivity index (χ0v) is 46.5. The molecule has 0 aliphatic carbocycles. The van der Waals surface area contributed by atoms with Crippen LogP contribution in [0.3, 0.4) is 0 Å². The Labute approximate surface area is 430 Å². The fraction of sp³-hybridized carbons (Fsp3) is 0.774. The SMILES string of the molecule is CCCCCCCCCCCC[N+](CCCCCCCCCCCC)(CCCCCCCCCCCC)CCCCCCCCCCCC.O=C(O)c1ccccc1[S+]([O-])c1ccccc1C(=O)O. The van der Waals surface area contributed by atoms with Gasteiger partial charge in [0.25, 0.3) is 0 Å². The monoisotopic (exact) mass is 981 g/mol. The highest BCUT2D eigenvalue weighted by Crippen LogP contribution is 2.27. The highest BCUT2D eigenvalue weighted by atomic mass is 32.2. The van der Waals surface area contributed by atoms with Crippen LogP contribution < -0.4 is 0 Å². The summed E-state index contributed by atoms with van der Waals surface area (Å²) in [6.07, 6.45) is 58.7. The molecule has 2 aromatic carbocycles. The zero-order chi connectivity index (χ0) is 50.3. The summed E-state index contributed by atoms with van der Waals surface area (Å²) in [5.74, 6) is -2.41. The van der Waals surface area contributed by atoms with Crippen molar-refractivity contribution in [3.63, 3.8) is 0 Å². The molecule has 0 heterocycles. The molecule has 0 fully saturated rings. The van der Waals surface area contributed by atoms with E-state index in [1.165, 1.54) is 324 Å². The molecule has 0 saturated carbocycles. The molecule has 0 radical (unpaired) electrons. The van der Waals surface area contributed by atoms with Gasteiger partial charge in [0.05, 0.1) is 26.2 Å². The number of hydrogen-bond donors (Lipinski definition) is 2. The highest BCUT2D eigenvalue weighted by molar-refractivity contribution is 7.91. The van der Waals surface area contributed by atoms with Gasteiger partial charge in [-0.05, 0) is 75.6 Å². The fourth-order valence-corrected chi connectivity index (χ4v) is 11.5. The molecule has 0 aliphatic heterocycles. The van der Waals surface area contributed by atoms with Crippen molar-refractivity contribution in [3.05, 3.63) is 59.7 Å². The lowest BCUT2D eigenvalue weighted by Gasteiger charge is -2.40. The highest BCUT2D eigenvalue weighted by Gasteiger charge is 2.28. The molecule has 0 saturated heterocycles. The van der Waals surface area contributed by atoms with Crippen LogP contribution >= 0.6 is 0 Å². The molecule has 2 rings (SSSR count). The van der Waals surface area contributed by atoms with Crippen LogP contribution in [0.1, 0.15) is 305 Å². The van der Waals surface area contributed by atoms with E-state index in [-0.39, 0.29) is 20.9 Å². The van der Waals surface area contributed by atoms with Crippen LogP contribution in [0.5, 0.6) is 0 Å². The van der Waals surface area contributed by atoms with Crippen molar-refractivity contribution >= 4 is 23.1 Å². The van der Waals surface area contributed by atoms with E-state index in [9.17, 15) is 14.1 Å². The number of rotatable bonds is 48. The second kappa shape index (κ2) is 46.7. The zero-order valence-electron chi connectivity index (χ0n) is 45.7. The summed E-state index contributed by atoms with van der Waals surface area (Å²) in [5.41, 5.74) is -0.211. The van der Waals surface area contributed by atoms with E-state index in [1.807, 2.05) is 0 Å². The van der Waals surface area contributed by atoms with E-state index in [2.05, 4.69) is 27.7 Å². The molecule has 0 atom stereocenters. The number of carboxylic acids is 2. The van der Waals surface area contributed by atoms with Gasteiger partial charge in [-0.2, -0.15) is 0 Å². The lowest BCUT2D eigenvalue weighted by molar-refractivity contribution is -0.929. The maximum atomic E-state index is 12.5. The van der Waals surface area contributed by atoms with Gasteiger partial charge in [0.1, 0.15) is 11.1 Å². The Morgan fingerprint density at radius 1 is 0.348 bits per heavy atom. The third kappa shape index (κ3) is 34.6.